The van der Waals surface area contributed by atoms with Gasteiger partial charge in [0.1, 0.15) is 0 Å². The summed E-state index contributed by atoms with van der Waals surface area (Å²) in [6.07, 6.45) is 9.61. The number of nitrogens with one attached hydrogen (secondary N) is 1. The van der Waals surface area contributed by atoms with Crippen LogP contribution in [0.25, 0.3) is 10.2 Å². The van der Waals surface area contributed by atoms with Gasteiger partial charge in [0, 0.05) is 23.1 Å². The lowest BCUT2D eigenvalue weighted by Crippen LogP contribution is -2.30. The molecule has 1 fully saturated rings. The van der Waals surface area contributed by atoms with Gasteiger partial charge in [0.25, 0.3) is 0 Å². The van der Waals surface area contributed by atoms with Crippen LogP contribution in [0.5, 0.6) is 0 Å². The number of aromatic nitrogens is 1. The standard InChI is InChI=1S/C22H20N2OS/c1-2-15-8-7-9-16(14-15)23-21(25)17-10-3-4-11-18(17)22-24-19-12-5-6-13-20(19)26-22/h1,5-9,12-14,17-18H,3-4,10-11H2,(H,23,25). The number of amides is 1. The van der Waals surface area contributed by atoms with E-state index >= 15 is 0 Å². The van der Waals surface area contributed by atoms with Gasteiger partial charge in [-0.15, -0.1) is 17.8 Å². The zero-order valence-corrected chi connectivity index (χ0v) is 15.3. The van der Waals surface area contributed by atoms with Crippen LogP contribution < -0.4 is 5.32 Å². The molecule has 1 aliphatic rings. The summed E-state index contributed by atoms with van der Waals surface area (Å²) in [5.74, 6) is 2.83. The average molecular weight is 360 g/mol. The molecule has 0 saturated heterocycles. The van der Waals surface area contributed by atoms with E-state index < -0.39 is 0 Å². The number of benzene rings is 2. The average Bonchev–Trinajstić information content (AvgIpc) is 3.12. The summed E-state index contributed by atoms with van der Waals surface area (Å²) >= 11 is 1.72. The molecule has 1 amide bonds. The molecule has 2 aromatic carbocycles. The highest BCUT2D eigenvalue weighted by Crippen LogP contribution is 2.41. The van der Waals surface area contributed by atoms with Gasteiger partial charge in [-0.05, 0) is 43.2 Å². The van der Waals surface area contributed by atoms with Crippen molar-refractivity contribution in [2.75, 3.05) is 5.32 Å². The number of para-hydroxylation sites is 1. The van der Waals surface area contributed by atoms with Gasteiger partial charge in [-0.2, -0.15) is 0 Å². The van der Waals surface area contributed by atoms with E-state index in [0.29, 0.717) is 0 Å². The molecule has 0 bridgehead atoms. The van der Waals surface area contributed by atoms with Gasteiger partial charge in [0.15, 0.2) is 0 Å². The molecule has 1 heterocycles. The van der Waals surface area contributed by atoms with Crippen molar-refractivity contribution in [2.45, 2.75) is 31.6 Å². The predicted molar refractivity (Wildman–Crippen MR) is 107 cm³/mol. The van der Waals surface area contributed by atoms with Crippen LogP contribution in [0.15, 0.2) is 48.5 Å². The molecule has 3 nitrogen and oxygen atoms in total. The molecule has 0 spiro atoms. The second-order valence-corrected chi connectivity index (χ2v) is 7.79. The molecule has 1 saturated carbocycles. The first kappa shape index (κ1) is 16.8. The second kappa shape index (κ2) is 7.31. The first-order chi connectivity index (χ1) is 12.7. The Bertz CT molecular complexity index is 952. The Morgan fingerprint density at radius 1 is 1.15 bits per heavy atom. The number of fused-ring (bicyclic) bond motifs is 1. The van der Waals surface area contributed by atoms with E-state index in [9.17, 15) is 4.79 Å². The normalized spacial score (nSPS) is 19.8. The number of hydrogen-bond donors (Lipinski definition) is 1. The van der Waals surface area contributed by atoms with E-state index in [4.69, 9.17) is 11.4 Å². The molecular weight excluding hydrogens is 340 g/mol. The van der Waals surface area contributed by atoms with E-state index in [2.05, 4.69) is 17.3 Å². The number of thiazole rings is 1. The molecule has 0 radical (unpaired) electrons. The minimum absolute atomic E-state index is 0.0428. The highest BCUT2D eigenvalue weighted by atomic mass is 32.1. The first-order valence-corrected chi connectivity index (χ1v) is 9.79. The minimum Gasteiger partial charge on any atom is -0.326 e. The summed E-state index contributed by atoms with van der Waals surface area (Å²) in [5, 5.41) is 4.15. The molecule has 2 atom stereocenters. The van der Waals surface area contributed by atoms with Gasteiger partial charge in [0.05, 0.1) is 15.2 Å². The van der Waals surface area contributed by atoms with Crippen molar-refractivity contribution >= 4 is 33.1 Å². The second-order valence-electron chi connectivity index (χ2n) is 6.73. The van der Waals surface area contributed by atoms with E-state index in [1.807, 2.05) is 42.5 Å². The molecule has 2 unspecified atom stereocenters. The van der Waals surface area contributed by atoms with Gasteiger partial charge in [-0.25, -0.2) is 4.98 Å². The third-order valence-corrected chi connectivity index (χ3v) is 6.20. The minimum atomic E-state index is -0.0428. The number of carbonyl (C=O) groups is 1. The quantitative estimate of drug-likeness (QED) is 0.653. The molecular formula is C22H20N2OS. The number of terminal acetylenes is 1. The third kappa shape index (κ3) is 3.36. The largest absolute Gasteiger partial charge is 0.326 e. The van der Waals surface area contributed by atoms with Crippen LogP contribution in [0, 0.1) is 18.3 Å². The first-order valence-electron chi connectivity index (χ1n) is 8.97. The number of hydrogen-bond acceptors (Lipinski definition) is 3. The maximum absolute atomic E-state index is 13.0. The zero-order chi connectivity index (χ0) is 17.9. The predicted octanol–water partition coefficient (Wildman–Crippen LogP) is 5.19. The number of anilines is 1. The van der Waals surface area contributed by atoms with E-state index in [-0.39, 0.29) is 17.7 Å². The Morgan fingerprint density at radius 3 is 2.85 bits per heavy atom. The van der Waals surface area contributed by atoms with Crippen LogP contribution in [-0.2, 0) is 4.79 Å². The Morgan fingerprint density at radius 2 is 2.00 bits per heavy atom. The van der Waals surface area contributed by atoms with Crippen LogP contribution in [0.3, 0.4) is 0 Å². The zero-order valence-electron chi connectivity index (χ0n) is 14.4. The van der Waals surface area contributed by atoms with Gasteiger partial charge < -0.3 is 5.32 Å². The van der Waals surface area contributed by atoms with Gasteiger partial charge in [-0.3, -0.25) is 4.79 Å². The monoisotopic (exact) mass is 360 g/mol. The summed E-state index contributed by atoms with van der Waals surface area (Å²) in [6.45, 7) is 0. The van der Waals surface area contributed by atoms with Crippen molar-refractivity contribution in [3.8, 4) is 12.3 Å². The summed E-state index contributed by atoms with van der Waals surface area (Å²) in [4.78, 5) is 17.8. The lowest BCUT2D eigenvalue weighted by atomic mass is 9.79. The summed E-state index contributed by atoms with van der Waals surface area (Å²) in [5.41, 5.74) is 2.56. The maximum atomic E-state index is 13.0. The Kier molecular flexibility index (Phi) is 4.73. The highest BCUT2D eigenvalue weighted by molar-refractivity contribution is 7.18. The lowest BCUT2D eigenvalue weighted by molar-refractivity contribution is -0.121. The van der Waals surface area contributed by atoms with Crippen molar-refractivity contribution < 1.29 is 4.79 Å². The Balaban J connectivity index is 1.58. The Labute approximate surface area is 157 Å². The number of nitrogens with zero attached hydrogens (tertiary/aromatic N) is 1. The van der Waals surface area contributed by atoms with Crippen molar-refractivity contribution in [3.05, 3.63) is 59.1 Å². The fourth-order valence-electron chi connectivity index (χ4n) is 3.71. The van der Waals surface area contributed by atoms with E-state index in [1.54, 1.807) is 11.3 Å². The number of carbonyl (C=O) groups excluding carboxylic acids is 1. The maximum Gasteiger partial charge on any atom is 0.228 e. The van der Waals surface area contributed by atoms with Crippen LogP contribution >= 0.6 is 11.3 Å². The van der Waals surface area contributed by atoms with Crippen LogP contribution in [-0.4, -0.2) is 10.9 Å². The summed E-state index contributed by atoms with van der Waals surface area (Å²) in [7, 11) is 0. The lowest BCUT2D eigenvalue weighted by Gasteiger charge is -2.29. The van der Waals surface area contributed by atoms with Gasteiger partial charge in [0.2, 0.25) is 5.91 Å². The summed E-state index contributed by atoms with van der Waals surface area (Å²) in [6, 6.07) is 15.6. The molecule has 26 heavy (non-hydrogen) atoms. The van der Waals surface area contributed by atoms with Gasteiger partial charge >= 0.3 is 0 Å². The van der Waals surface area contributed by atoms with E-state index in [1.165, 1.54) is 4.70 Å². The molecule has 3 aromatic rings. The van der Waals surface area contributed by atoms with Crippen molar-refractivity contribution in [2.24, 2.45) is 5.92 Å². The third-order valence-electron chi connectivity index (χ3n) is 5.03. The van der Waals surface area contributed by atoms with Crippen molar-refractivity contribution in [3.63, 3.8) is 0 Å². The SMILES string of the molecule is C#Cc1cccc(NC(=O)C2CCCCC2c2nc3ccccc3s2)c1. The van der Waals surface area contributed by atoms with Crippen molar-refractivity contribution in [1.29, 1.82) is 0 Å². The van der Waals surface area contributed by atoms with Crippen LogP contribution in [0.2, 0.25) is 0 Å². The fraction of sp³-hybridized carbons (Fsp3) is 0.273. The number of rotatable bonds is 3. The van der Waals surface area contributed by atoms with Crippen LogP contribution in [0.1, 0.15) is 42.2 Å². The smallest absolute Gasteiger partial charge is 0.228 e. The molecule has 1 N–H and O–H groups in total. The van der Waals surface area contributed by atoms with Gasteiger partial charge in [-0.1, -0.05) is 37.0 Å². The molecule has 1 aromatic heterocycles. The summed E-state index contributed by atoms with van der Waals surface area (Å²) < 4.78 is 1.19. The molecule has 0 aliphatic heterocycles. The molecule has 4 heteroatoms. The molecule has 1 aliphatic carbocycles. The highest BCUT2D eigenvalue weighted by Gasteiger charge is 2.34. The van der Waals surface area contributed by atoms with E-state index in [0.717, 1.165) is 47.5 Å². The Hall–Kier alpha value is -2.64. The topological polar surface area (TPSA) is 42.0 Å². The molecule has 130 valence electrons. The van der Waals surface area contributed by atoms with Crippen LogP contribution in [0.4, 0.5) is 5.69 Å². The molecule has 4 rings (SSSR count). The van der Waals surface area contributed by atoms with Crippen molar-refractivity contribution in [1.82, 2.24) is 4.98 Å². The fourth-order valence-corrected chi connectivity index (χ4v) is 4.88.